The van der Waals surface area contributed by atoms with Gasteiger partial charge in [0.05, 0.1) is 4.90 Å². The summed E-state index contributed by atoms with van der Waals surface area (Å²) in [6.07, 6.45) is 3.03. The molecule has 4 aromatic rings. The molecule has 0 radical (unpaired) electrons. The highest BCUT2D eigenvalue weighted by Crippen LogP contribution is 2.26. The Balaban J connectivity index is 1.84. The van der Waals surface area contributed by atoms with Crippen LogP contribution in [0.3, 0.4) is 0 Å². The van der Waals surface area contributed by atoms with E-state index in [1.54, 1.807) is 60.8 Å². The van der Waals surface area contributed by atoms with Crippen molar-refractivity contribution >= 4 is 21.1 Å². The van der Waals surface area contributed by atoms with Crippen LogP contribution >= 0.6 is 0 Å². The third-order valence-corrected chi connectivity index (χ3v) is 5.63. The molecule has 124 valence electrons. The molecule has 2 heterocycles. The summed E-state index contributed by atoms with van der Waals surface area (Å²) in [5.41, 5.74) is 1.75. The van der Waals surface area contributed by atoms with E-state index in [9.17, 15) is 12.8 Å². The molecule has 4 rings (SSSR count). The summed E-state index contributed by atoms with van der Waals surface area (Å²) in [5, 5.41) is 0.668. The van der Waals surface area contributed by atoms with Gasteiger partial charge in [-0.2, -0.15) is 0 Å². The molecular weight excluding hydrogens is 339 g/mol. The topological polar surface area (TPSA) is 52.0 Å². The summed E-state index contributed by atoms with van der Waals surface area (Å²) in [4.78, 5) is 4.50. The Hall–Kier alpha value is -2.99. The summed E-state index contributed by atoms with van der Waals surface area (Å²) in [5.74, 6) is -0.332. The average Bonchev–Trinajstić information content (AvgIpc) is 3.06. The van der Waals surface area contributed by atoms with Gasteiger partial charge in [-0.1, -0.05) is 30.3 Å². The third-order valence-electron chi connectivity index (χ3n) is 3.95. The molecule has 0 aliphatic rings. The fourth-order valence-electron chi connectivity index (χ4n) is 2.73. The number of rotatable bonds is 3. The van der Waals surface area contributed by atoms with E-state index < -0.39 is 10.0 Å². The molecule has 2 aromatic carbocycles. The number of pyridine rings is 1. The maximum Gasteiger partial charge on any atom is 0.269 e. The van der Waals surface area contributed by atoms with Crippen molar-refractivity contribution in [2.75, 3.05) is 0 Å². The largest absolute Gasteiger partial charge is 0.269 e. The molecule has 0 atom stereocenters. The Labute approximate surface area is 144 Å². The Morgan fingerprint density at radius 3 is 2.44 bits per heavy atom. The SMILES string of the molecule is O=S(=O)(c1ccccc1)n1ccc2cc(-c3cccc(F)c3)cnc21. The molecular formula is C19H13FN2O2S. The smallest absolute Gasteiger partial charge is 0.237 e. The second kappa shape index (κ2) is 5.82. The molecule has 0 saturated heterocycles. The Kier molecular flexibility index (Phi) is 3.62. The van der Waals surface area contributed by atoms with Crippen LogP contribution < -0.4 is 0 Å². The Morgan fingerprint density at radius 2 is 1.68 bits per heavy atom. The second-order valence-electron chi connectivity index (χ2n) is 5.58. The maximum absolute atomic E-state index is 13.4. The molecule has 4 nitrogen and oxygen atoms in total. The van der Waals surface area contributed by atoms with Gasteiger partial charge in [0.25, 0.3) is 10.0 Å². The lowest BCUT2D eigenvalue weighted by Crippen LogP contribution is -2.12. The first kappa shape index (κ1) is 15.5. The highest BCUT2D eigenvalue weighted by atomic mass is 32.2. The number of halogens is 1. The van der Waals surface area contributed by atoms with E-state index in [4.69, 9.17) is 0 Å². The lowest BCUT2D eigenvalue weighted by atomic mass is 10.1. The van der Waals surface area contributed by atoms with E-state index in [2.05, 4.69) is 4.98 Å². The summed E-state index contributed by atoms with van der Waals surface area (Å²) in [6.45, 7) is 0. The number of aromatic nitrogens is 2. The molecule has 6 heteroatoms. The summed E-state index contributed by atoms with van der Waals surface area (Å²) >= 11 is 0. The highest BCUT2D eigenvalue weighted by molar-refractivity contribution is 7.90. The molecule has 0 amide bonds. The maximum atomic E-state index is 13.4. The molecule has 0 spiro atoms. The molecule has 0 aliphatic heterocycles. The molecule has 2 aromatic heterocycles. The predicted molar refractivity (Wildman–Crippen MR) is 94.2 cm³/mol. The van der Waals surface area contributed by atoms with Crippen molar-refractivity contribution in [1.29, 1.82) is 0 Å². The first-order valence-corrected chi connectivity index (χ1v) is 9.03. The van der Waals surface area contributed by atoms with E-state index in [-0.39, 0.29) is 10.7 Å². The molecule has 0 bridgehead atoms. The third kappa shape index (κ3) is 2.70. The zero-order valence-electron chi connectivity index (χ0n) is 13.0. The highest BCUT2D eigenvalue weighted by Gasteiger charge is 2.19. The van der Waals surface area contributed by atoms with Gasteiger partial charge in [0.2, 0.25) is 0 Å². The summed E-state index contributed by atoms with van der Waals surface area (Å²) < 4.78 is 40.1. The van der Waals surface area contributed by atoms with Gasteiger partial charge in [0, 0.05) is 23.3 Å². The lowest BCUT2D eigenvalue weighted by Gasteiger charge is -2.07. The van der Waals surface area contributed by atoms with Crippen LogP contribution in [0.25, 0.3) is 22.2 Å². The van der Waals surface area contributed by atoms with Crippen LogP contribution in [0.1, 0.15) is 0 Å². The Morgan fingerprint density at radius 1 is 0.880 bits per heavy atom. The number of hydrogen-bond donors (Lipinski definition) is 0. The summed E-state index contributed by atoms with van der Waals surface area (Å²) in [7, 11) is -3.71. The standard InChI is InChI=1S/C19H13FN2O2S/c20-17-6-4-5-14(12-17)16-11-15-9-10-22(19(15)21-13-16)25(23,24)18-7-2-1-3-8-18/h1-13H. The van der Waals surface area contributed by atoms with Gasteiger partial charge < -0.3 is 0 Å². The monoisotopic (exact) mass is 352 g/mol. The van der Waals surface area contributed by atoms with Crippen molar-refractivity contribution < 1.29 is 12.8 Å². The first-order chi connectivity index (χ1) is 12.1. The molecule has 0 fully saturated rings. The first-order valence-electron chi connectivity index (χ1n) is 7.59. The van der Waals surface area contributed by atoms with Gasteiger partial charge in [-0.05, 0) is 42.0 Å². The van der Waals surface area contributed by atoms with Crippen LogP contribution in [0.5, 0.6) is 0 Å². The number of benzene rings is 2. The van der Waals surface area contributed by atoms with Crippen LogP contribution in [0.15, 0.2) is 84.0 Å². The van der Waals surface area contributed by atoms with Crippen LogP contribution in [-0.2, 0) is 10.0 Å². The van der Waals surface area contributed by atoms with Crippen LogP contribution in [0.4, 0.5) is 4.39 Å². The van der Waals surface area contributed by atoms with Gasteiger partial charge in [-0.15, -0.1) is 0 Å². The van der Waals surface area contributed by atoms with Crippen molar-refractivity contribution in [1.82, 2.24) is 8.96 Å². The minimum Gasteiger partial charge on any atom is -0.237 e. The zero-order chi connectivity index (χ0) is 17.4. The van der Waals surface area contributed by atoms with Crippen molar-refractivity contribution in [2.24, 2.45) is 0 Å². The van der Waals surface area contributed by atoms with Gasteiger partial charge >= 0.3 is 0 Å². The molecule has 0 saturated carbocycles. The van der Waals surface area contributed by atoms with Crippen molar-refractivity contribution in [3.8, 4) is 11.1 Å². The van der Waals surface area contributed by atoms with E-state index in [1.807, 2.05) is 0 Å². The van der Waals surface area contributed by atoms with E-state index >= 15 is 0 Å². The molecule has 0 N–H and O–H groups in total. The molecule has 0 unspecified atom stereocenters. The fraction of sp³-hybridized carbons (Fsp3) is 0. The zero-order valence-corrected chi connectivity index (χ0v) is 13.8. The van der Waals surface area contributed by atoms with Gasteiger partial charge in [0.15, 0.2) is 5.65 Å². The number of hydrogen-bond acceptors (Lipinski definition) is 3. The Bertz CT molecular complexity index is 1170. The molecule has 0 aliphatic carbocycles. The number of fused-ring (bicyclic) bond motifs is 1. The quantitative estimate of drug-likeness (QED) is 0.558. The van der Waals surface area contributed by atoms with Crippen LogP contribution in [-0.4, -0.2) is 17.4 Å². The summed E-state index contributed by atoms with van der Waals surface area (Å²) in [6, 6.07) is 17.9. The number of nitrogens with zero attached hydrogens (tertiary/aromatic N) is 2. The van der Waals surface area contributed by atoms with Crippen molar-refractivity contribution in [3.05, 3.63) is 84.9 Å². The minimum atomic E-state index is -3.71. The van der Waals surface area contributed by atoms with Gasteiger partial charge in [-0.3, -0.25) is 0 Å². The fourth-order valence-corrected chi connectivity index (χ4v) is 4.06. The normalized spacial score (nSPS) is 11.7. The van der Waals surface area contributed by atoms with E-state index in [1.165, 1.54) is 18.3 Å². The van der Waals surface area contributed by atoms with Crippen molar-refractivity contribution in [3.63, 3.8) is 0 Å². The van der Waals surface area contributed by atoms with Crippen LogP contribution in [0, 0.1) is 5.82 Å². The van der Waals surface area contributed by atoms with Gasteiger partial charge in [-0.25, -0.2) is 21.8 Å². The van der Waals surface area contributed by atoms with Crippen molar-refractivity contribution in [2.45, 2.75) is 4.90 Å². The predicted octanol–water partition coefficient (Wildman–Crippen LogP) is 4.08. The van der Waals surface area contributed by atoms with E-state index in [0.29, 0.717) is 16.6 Å². The lowest BCUT2D eigenvalue weighted by molar-refractivity contribution is 0.589. The van der Waals surface area contributed by atoms with E-state index in [0.717, 1.165) is 9.54 Å². The second-order valence-corrected chi connectivity index (χ2v) is 7.39. The minimum absolute atomic E-state index is 0.198. The van der Waals surface area contributed by atoms with Gasteiger partial charge in [0.1, 0.15) is 5.82 Å². The molecule has 25 heavy (non-hydrogen) atoms. The van der Waals surface area contributed by atoms with Crippen LogP contribution in [0.2, 0.25) is 0 Å². The average molecular weight is 352 g/mol.